The minimum Gasteiger partial charge on any atom is -0.434 e. The maximum absolute atomic E-state index is 12.6. The third-order valence-corrected chi connectivity index (χ3v) is 4.34. The maximum Gasteiger partial charge on any atom is 0.387 e. The topological polar surface area (TPSA) is 76.4 Å². The summed E-state index contributed by atoms with van der Waals surface area (Å²) in [6, 6.07) is 5.51. The van der Waals surface area contributed by atoms with Crippen LogP contribution in [0.4, 0.5) is 8.78 Å². The van der Waals surface area contributed by atoms with Crippen LogP contribution in [0.1, 0.15) is 34.8 Å². The van der Waals surface area contributed by atoms with Gasteiger partial charge >= 0.3 is 6.61 Å². The van der Waals surface area contributed by atoms with Crippen LogP contribution in [0.25, 0.3) is 0 Å². The van der Waals surface area contributed by atoms with Crippen molar-refractivity contribution in [3.63, 3.8) is 0 Å². The molecule has 3 rings (SSSR count). The molecule has 1 aliphatic carbocycles. The Morgan fingerprint density at radius 2 is 2.12 bits per heavy atom. The van der Waals surface area contributed by atoms with E-state index >= 15 is 0 Å². The van der Waals surface area contributed by atoms with Gasteiger partial charge in [0.25, 0.3) is 5.91 Å². The highest BCUT2D eigenvalue weighted by molar-refractivity contribution is 5.97. The average molecular weight is 351 g/mol. The van der Waals surface area contributed by atoms with Crippen LogP contribution in [0.2, 0.25) is 0 Å². The third kappa shape index (κ3) is 3.96. The molecule has 0 aliphatic heterocycles. The van der Waals surface area contributed by atoms with Crippen LogP contribution in [-0.2, 0) is 7.05 Å². The Morgan fingerprint density at radius 1 is 1.40 bits per heavy atom. The van der Waals surface area contributed by atoms with E-state index in [1.807, 2.05) is 0 Å². The average Bonchev–Trinajstić information content (AvgIpc) is 2.96. The van der Waals surface area contributed by atoms with Crippen molar-refractivity contribution in [3.8, 4) is 5.75 Å². The molecule has 1 aromatic heterocycles. The first-order chi connectivity index (χ1) is 11.9. The number of halogens is 2. The Hall–Kier alpha value is -2.48. The molecule has 134 valence electrons. The summed E-state index contributed by atoms with van der Waals surface area (Å²) in [5.41, 5.74) is 0.844. The van der Waals surface area contributed by atoms with Crippen molar-refractivity contribution < 1.29 is 23.4 Å². The minimum atomic E-state index is -3.01. The van der Waals surface area contributed by atoms with Crippen molar-refractivity contribution in [2.24, 2.45) is 13.0 Å². The smallest absolute Gasteiger partial charge is 0.387 e. The lowest BCUT2D eigenvalue weighted by Crippen LogP contribution is -2.41. The molecule has 2 N–H and O–H groups in total. The lowest BCUT2D eigenvalue weighted by Gasteiger charge is -2.37. The van der Waals surface area contributed by atoms with E-state index in [0.717, 1.165) is 5.56 Å². The molecule has 1 aromatic carbocycles. The van der Waals surface area contributed by atoms with Gasteiger partial charge in [0.05, 0.1) is 23.9 Å². The number of aromatic nitrogens is 2. The molecule has 1 aliphatic rings. The number of nitrogens with one attached hydrogen (secondary N) is 1. The summed E-state index contributed by atoms with van der Waals surface area (Å²) < 4.78 is 31.1. The Morgan fingerprint density at radius 3 is 2.72 bits per heavy atom. The van der Waals surface area contributed by atoms with Gasteiger partial charge in [0.2, 0.25) is 0 Å². The second-order valence-corrected chi connectivity index (χ2v) is 6.16. The molecule has 0 saturated heterocycles. The number of carbonyl (C=O) groups excluding carboxylic acids is 1. The van der Waals surface area contributed by atoms with Crippen molar-refractivity contribution in [2.45, 2.75) is 31.6 Å². The van der Waals surface area contributed by atoms with Gasteiger partial charge in [-0.05, 0) is 30.9 Å². The highest BCUT2D eigenvalue weighted by Crippen LogP contribution is 2.38. The first-order valence-corrected chi connectivity index (χ1v) is 7.95. The number of aliphatic hydroxyl groups excluding tert-OH is 1. The normalized spacial score (nSPS) is 20.8. The number of nitrogens with zero attached hydrogens (tertiary/aromatic N) is 2. The highest BCUT2D eigenvalue weighted by Gasteiger charge is 2.36. The van der Waals surface area contributed by atoms with E-state index in [-0.39, 0.29) is 29.4 Å². The van der Waals surface area contributed by atoms with E-state index in [1.165, 1.54) is 18.2 Å². The molecular formula is C17H19F2N3O3. The first-order valence-electron chi connectivity index (χ1n) is 7.95. The maximum atomic E-state index is 12.6. The zero-order chi connectivity index (χ0) is 18.0. The number of alkyl halides is 2. The van der Waals surface area contributed by atoms with Crippen LogP contribution in [0.3, 0.4) is 0 Å². The van der Waals surface area contributed by atoms with Gasteiger partial charge in [-0.25, -0.2) is 0 Å². The number of amides is 1. The van der Waals surface area contributed by atoms with Gasteiger partial charge in [-0.1, -0.05) is 12.1 Å². The van der Waals surface area contributed by atoms with Crippen molar-refractivity contribution in [1.29, 1.82) is 0 Å². The number of benzene rings is 1. The van der Waals surface area contributed by atoms with E-state index < -0.39 is 12.5 Å². The standard InChI is InChI=1S/C17H19F2N3O3/c1-22-9-11(8-20-22)15(10-6-12(23)7-10)21-16(24)13-4-2-3-5-14(13)25-17(18)19/h2-5,8-10,12,15,17,23H,6-7H2,1H3,(H,21,24)/t10?,12?,15-/m0/s1. The second-order valence-electron chi connectivity index (χ2n) is 6.16. The Balaban J connectivity index is 1.81. The summed E-state index contributed by atoms with van der Waals surface area (Å²) in [5.74, 6) is -0.619. The fourth-order valence-electron chi connectivity index (χ4n) is 3.05. The van der Waals surface area contributed by atoms with Crippen molar-refractivity contribution in [3.05, 3.63) is 47.8 Å². The third-order valence-electron chi connectivity index (χ3n) is 4.34. The number of hydrogen-bond acceptors (Lipinski definition) is 4. The molecule has 2 aromatic rings. The molecule has 25 heavy (non-hydrogen) atoms. The van der Waals surface area contributed by atoms with Gasteiger partial charge in [0.1, 0.15) is 5.75 Å². The molecule has 0 spiro atoms. The van der Waals surface area contributed by atoms with E-state index in [4.69, 9.17) is 0 Å². The molecule has 6 nitrogen and oxygen atoms in total. The van der Waals surface area contributed by atoms with Gasteiger partial charge in [-0.3, -0.25) is 9.48 Å². The van der Waals surface area contributed by atoms with E-state index in [0.29, 0.717) is 12.8 Å². The van der Waals surface area contributed by atoms with Crippen LogP contribution < -0.4 is 10.1 Å². The van der Waals surface area contributed by atoms with E-state index in [9.17, 15) is 18.7 Å². The van der Waals surface area contributed by atoms with Gasteiger partial charge in [0, 0.05) is 18.8 Å². The zero-order valence-electron chi connectivity index (χ0n) is 13.6. The first kappa shape index (κ1) is 17.3. The number of aliphatic hydroxyl groups is 1. The fraction of sp³-hybridized carbons (Fsp3) is 0.412. The number of ether oxygens (including phenoxy) is 1. The molecule has 0 unspecified atom stereocenters. The van der Waals surface area contributed by atoms with Gasteiger partial charge < -0.3 is 15.2 Å². The molecule has 1 atom stereocenters. The molecule has 1 amide bonds. The minimum absolute atomic E-state index is 0.0385. The molecular weight excluding hydrogens is 332 g/mol. The van der Waals surface area contributed by atoms with Crippen molar-refractivity contribution in [1.82, 2.24) is 15.1 Å². The largest absolute Gasteiger partial charge is 0.434 e. The summed E-state index contributed by atoms with van der Waals surface area (Å²) in [5, 5.41) is 16.6. The summed E-state index contributed by atoms with van der Waals surface area (Å²) in [7, 11) is 1.77. The Bertz CT molecular complexity index is 744. The predicted molar refractivity (Wildman–Crippen MR) is 85.2 cm³/mol. The van der Waals surface area contributed by atoms with Gasteiger partial charge in [-0.15, -0.1) is 0 Å². The molecule has 1 heterocycles. The Kier molecular flexibility index (Phi) is 4.98. The summed E-state index contributed by atoms with van der Waals surface area (Å²) >= 11 is 0. The predicted octanol–water partition coefficient (Wildman–Crippen LogP) is 2.26. The highest BCUT2D eigenvalue weighted by atomic mass is 19.3. The molecule has 0 bridgehead atoms. The number of rotatable bonds is 6. The number of aryl methyl sites for hydroxylation is 1. The van der Waals surface area contributed by atoms with Crippen LogP contribution in [-0.4, -0.2) is 33.5 Å². The monoisotopic (exact) mass is 351 g/mol. The van der Waals surface area contributed by atoms with Gasteiger partial charge in [0.15, 0.2) is 0 Å². The summed E-state index contributed by atoms with van der Waals surface area (Å²) in [6.07, 6.45) is 4.19. The number of hydrogen-bond donors (Lipinski definition) is 2. The fourth-order valence-corrected chi connectivity index (χ4v) is 3.05. The SMILES string of the molecule is Cn1cc([C@@H](NC(=O)c2ccccc2OC(F)F)C2CC(O)C2)cn1. The van der Waals surface area contributed by atoms with Gasteiger partial charge in [-0.2, -0.15) is 13.9 Å². The van der Waals surface area contributed by atoms with Crippen LogP contribution in [0, 0.1) is 5.92 Å². The second kappa shape index (κ2) is 7.18. The van der Waals surface area contributed by atoms with Crippen molar-refractivity contribution in [2.75, 3.05) is 0 Å². The van der Waals surface area contributed by atoms with Crippen LogP contribution >= 0.6 is 0 Å². The van der Waals surface area contributed by atoms with Crippen LogP contribution in [0.5, 0.6) is 5.75 Å². The molecule has 8 heteroatoms. The molecule has 1 fully saturated rings. The van der Waals surface area contributed by atoms with Crippen LogP contribution in [0.15, 0.2) is 36.7 Å². The quantitative estimate of drug-likeness (QED) is 0.837. The summed E-state index contributed by atoms with van der Waals surface area (Å²) in [4.78, 5) is 12.6. The Labute approximate surface area is 143 Å². The number of carbonyl (C=O) groups is 1. The molecule has 0 radical (unpaired) electrons. The zero-order valence-corrected chi connectivity index (χ0v) is 13.6. The lowest BCUT2D eigenvalue weighted by molar-refractivity contribution is -0.0502. The number of para-hydroxylation sites is 1. The van der Waals surface area contributed by atoms with E-state index in [2.05, 4.69) is 15.2 Å². The lowest BCUT2D eigenvalue weighted by atomic mass is 9.75. The molecule has 1 saturated carbocycles. The van der Waals surface area contributed by atoms with E-state index in [1.54, 1.807) is 30.2 Å². The summed E-state index contributed by atoms with van der Waals surface area (Å²) in [6.45, 7) is -3.01. The van der Waals surface area contributed by atoms with Crippen molar-refractivity contribution >= 4 is 5.91 Å².